The number of nitrogens with one attached hydrogen (secondary N) is 1. The van der Waals surface area contributed by atoms with Gasteiger partial charge in [0.15, 0.2) is 9.84 Å². The van der Waals surface area contributed by atoms with Gasteiger partial charge in [-0.25, -0.2) is 13.2 Å². The molecule has 0 heterocycles. The highest BCUT2D eigenvalue weighted by atomic mass is 32.2. The van der Waals surface area contributed by atoms with Crippen molar-refractivity contribution in [2.24, 2.45) is 0 Å². The van der Waals surface area contributed by atoms with Crippen LogP contribution in [-0.2, 0) is 15.6 Å². The summed E-state index contributed by atoms with van der Waals surface area (Å²) in [6.45, 7) is 0. The molecule has 1 aliphatic carbocycles. The summed E-state index contributed by atoms with van der Waals surface area (Å²) in [4.78, 5) is 10.6. The normalized spacial score (nSPS) is 21.9. The minimum Gasteiger partial charge on any atom is -0.465 e. The van der Waals surface area contributed by atoms with Crippen LogP contribution in [0.15, 0.2) is 18.2 Å². The second kappa shape index (κ2) is 4.73. The molecule has 1 aromatic rings. The van der Waals surface area contributed by atoms with Gasteiger partial charge in [0, 0.05) is 23.9 Å². The van der Waals surface area contributed by atoms with E-state index in [4.69, 9.17) is 10.8 Å². The lowest BCUT2D eigenvalue weighted by molar-refractivity contribution is 0.193. The molecule has 1 aromatic carbocycles. The van der Waals surface area contributed by atoms with Gasteiger partial charge >= 0.3 is 6.09 Å². The van der Waals surface area contributed by atoms with Crippen molar-refractivity contribution < 1.29 is 18.3 Å². The SMILES string of the molecule is CS(=O)(=O)Cc1cc(N)ccc1C1CC1NC(=O)O. The third kappa shape index (κ3) is 3.60. The van der Waals surface area contributed by atoms with E-state index in [1.54, 1.807) is 18.2 Å². The number of nitrogen functional groups attached to an aromatic ring is 1. The second-order valence-electron chi connectivity index (χ2n) is 4.93. The van der Waals surface area contributed by atoms with E-state index in [1.165, 1.54) is 6.26 Å². The Balaban J connectivity index is 2.24. The van der Waals surface area contributed by atoms with E-state index in [-0.39, 0.29) is 17.7 Å². The molecule has 2 unspecified atom stereocenters. The number of amides is 1. The van der Waals surface area contributed by atoms with Crippen molar-refractivity contribution in [1.29, 1.82) is 0 Å². The Morgan fingerprint density at radius 1 is 1.53 bits per heavy atom. The van der Waals surface area contributed by atoms with Crippen LogP contribution in [0.4, 0.5) is 10.5 Å². The zero-order valence-electron chi connectivity index (χ0n) is 10.5. The van der Waals surface area contributed by atoms with E-state index in [2.05, 4.69) is 5.32 Å². The summed E-state index contributed by atoms with van der Waals surface area (Å²) >= 11 is 0. The maximum absolute atomic E-state index is 11.4. The Labute approximate surface area is 111 Å². The zero-order valence-corrected chi connectivity index (χ0v) is 11.3. The highest BCUT2D eigenvalue weighted by Crippen LogP contribution is 2.43. The first-order chi connectivity index (χ1) is 8.76. The molecule has 7 heteroatoms. The molecule has 2 atom stereocenters. The fraction of sp³-hybridized carbons (Fsp3) is 0.417. The van der Waals surface area contributed by atoms with Crippen LogP contribution in [0.25, 0.3) is 0 Å². The highest BCUT2D eigenvalue weighted by Gasteiger charge is 2.40. The van der Waals surface area contributed by atoms with Crippen LogP contribution >= 0.6 is 0 Å². The molecule has 4 N–H and O–H groups in total. The van der Waals surface area contributed by atoms with Crippen LogP contribution in [0.3, 0.4) is 0 Å². The molecule has 1 amide bonds. The Kier molecular flexibility index (Phi) is 3.40. The molecule has 2 rings (SSSR count). The molecular formula is C12H16N2O4S. The van der Waals surface area contributed by atoms with Crippen LogP contribution in [0.1, 0.15) is 23.5 Å². The second-order valence-corrected chi connectivity index (χ2v) is 7.07. The number of anilines is 1. The van der Waals surface area contributed by atoms with E-state index < -0.39 is 15.9 Å². The third-order valence-corrected chi connectivity index (χ3v) is 3.92. The lowest BCUT2D eigenvalue weighted by atomic mass is 10.0. The van der Waals surface area contributed by atoms with Crippen molar-refractivity contribution in [3.8, 4) is 0 Å². The van der Waals surface area contributed by atoms with Gasteiger partial charge in [-0.15, -0.1) is 0 Å². The Morgan fingerprint density at radius 3 is 2.79 bits per heavy atom. The molecule has 0 aliphatic heterocycles. The summed E-state index contributed by atoms with van der Waals surface area (Å²) < 4.78 is 22.8. The standard InChI is InChI=1S/C12H16N2O4S/c1-19(17,18)6-7-4-8(13)2-3-9(7)10-5-11(10)14-12(15)16/h2-4,10-11,14H,5-6,13H2,1H3,(H,15,16). The maximum atomic E-state index is 11.4. The Morgan fingerprint density at radius 2 is 2.21 bits per heavy atom. The molecule has 104 valence electrons. The summed E-state index contributed by atoms with van der Waals surface area (Å²) in [5.74, 6) is -0.0441. The molecule has 0 saturated heterocycles. The quantitative estimate of drug-likeness (QED) is 0.713. The number of hydrogen-bond acceptors (Lipinski definition) is 4. The Hall–Kier alpha value is -1.76. The number of rotatable bonds is 4. The minimum atomic E-state index is -3.15. The predicted molar refractivity (Wildman–Crippen MR) is 71.7 cm³/mol. The molecule has 1 fully saturated rings. The fourth-order valence-electron chi connectivity index (χ4n) is 2.25. The van der Waals surface area contributed by atoms with Gasteiger partial charge in [-0.05, 0) is 29.7 Å². The summed E-state index contributed by atoms with van der Waals surface area (Å²) in [6, 6.07) is 4.99. The minimum absolute atomic E-state index is 0.0356. The van der Waals surface area contributed by atoms with Gasteiger partial charge in [0.2, 0.25) is 0 Å². The van der Waals surface area contributed by atoms with E-state index in [9.17, 15) is 13.2 Å². The molecule has 0 spiro atoms. The first-order valence-corrected chi connectivity index (χ1v) is 7.88. The maximum Gasteiger partial charge on any atom is 0.404 e. The Bertz CT molecular complexity index is 612. The van der Waals surface area contributed by atoms with Crippen molar-refractivity contribution in [2.45, 2.75) is 24.1 Å². The fourth-order valence-corrected chi connectivity index (χ4v) is 3.07. The number of hydrogen-bond donors (Lipinski definition) is 3. The van der Waals surface area contributed by atoms with Crippen molar-refractivity contribution in [1.82, 2.24) is 5.32 Å². The third-order valence-electron chi connectivity index (χ3n) is 3.08. The molecule has 1 saturated carbocycles. The van der Waals surface area contributed by atoms with Crippen LogP contribution < -0.4 is 11.1 Å². The molecule has 0 radical (unpaired) electrons. The summed E-state index contributed by atoms with van der Waals surface area (Å²) in [5, 5.41) is 11.1. The molecule has 0 bridgehead atoms. The molecule has 0 aromatic heterocycles. The number of benzene rings is 1. The molecule has 6 nitrogen and oxygen atoms in total. The summed E-state index contributed by atoms with van der Waals surface area (Å²) in [5.41, 5.74) is 7.70. The van der Waals surface area contributed by atoms with Crippen LogP contribution in [0.5, 0.6) is 0 Å². The lowest BCUT2D eigenvalue weighted by Gasteiger charge is -2.10. The van der Waals surface area contributed by atoms with Crippen molar-refractivity contribution in [3.05, 3.63) is 29.3 Å². The average Bonchev–Trinajstić information content (AvgIpc) is 2.93. The number of nitrogens with two attached hydrogens (primary N) is 1. The highest BCUT2D eigenvalue weighted by molar-refractivity contribution is 7.89. The van der Waals surface area contributed by atoms with Crippen molar-refractivity contribution in [3.63, 3.8) is 0 Å². The van der Waals surface area contributed by atoms with E-state index in [1.807, 2.05) is 0 Å². The average molecular weight is 284 g/mol. The van der Waals surface area contributed by atoms with Crippen molar-refractivity contribution >= 4 is 21.6 Å². The van der Waals surface area contributed by atoms with E-state index in [0.29, 0.717) is 17.7 Å². The van der Waals surface area contributed by atoms with Gasteiger partial charge in [0.25, 0.3) is 0 Å². The van der Waals surface area contributed by atoms with Crippen LogP contribution in [0, 0.1) is 0 Å². The van der Waals surface area contributed by atoms with E-state index >= 15 is 0 Å². The number of sulfone groups is 1. The summed E-state index contributed by atoms with van der Waals surface area (Å²) in [7, 11) is -3.15. The summed E-state index contributed by atoms with van der Waals surface area (Å²) in [6.07, 6.45) is 0.792. The van der Waals surface area contributed by atoms with Gasteiger partial charge in [0.1, 0.15) is 0 Å². The lowest BCUT2D eigenvalue weighted by Crippen LogP contribution is -2.24. The largest absolute Gasteiger partial charge is 0.465 e. The first kappa shape index (κ1) is 13.7. The molecule has 19 heavy (non-hydrogen) atoms. The monoisotopic (exact) mass is 284 g/mol. The van der Waals surface area contributed by atoms with Gasteiger partial charge < -0.3 is 16.2 Å². The molecule has 1 aliphatic rings. The van der Waals surface area contributed by atoms with Crippen LogP contribution in [0.2, 0.25) is 0 Å². The van der Waals surface area contributed by atoms with Crippen molar-refractivity contribution in [2.75, 3.05) is 12.0 Å². The predicted octanol–water partition coefficient (Wildman–Crippen LogP) is 0.937. The smallest absolute Gasteiger partial charge is 0.404 e. The first-order valence-electron chi connectivity index (χ1n) is 5.82. The zero-order chi connectivity index (χ0) is 14.2. The van der Waals surface area contributed by atoms with Gasteiger partial charge in [0.05, 0.1) is 5.75 Å². The number of carbonyl (C=O) groups is 1. The van der Waals surface area contributed by atoms with Gasteiger partial charge in [-0.2, -0.15) is 0 Å². The van der Waals surface area contributed by atoms with Gasteiger partial charge in [-0.3, -0.25) is 0 Å². The number of carboxylic acid groups (broad SMARTS) is 1. The van der Waals surface area contributed by atoms with E-state index in [0.717, 1.165) is 5.56 Å². The van der Waals surface area contributed by atoms with Crippen LogP contribution in [-0.4, -0.2) is 31.9 Å². The van der Waals surface area contributed by atoms with Gasteiger partial charge in [-0.1, -0.05) is 6.07 Å². The topological polar surface area (TPSA) is 109 Å². The molecular weight excluding hydrogens is 268 g/mol.